The Balaban J connectivity index is 2.11. The zero-order valence-electron chi connectivity index (χ0n) is 16.6. The standard InChI is InChI=1S/C20H24FN5O4/c1-2-25-19(29)16(15(27)11-24-9-4-3-8-14(24)18(23)28)17(22)26(20(25)30)13-7-5-6-12(21)10-13/h5-7,10,14H,2-4,8-9,11,22H2,1H3,(H2,23,28)/t14-/m1/s1. The van der Waals surface area contributed by atoms with Gasteiger partial charge >= 0.3 is 5.69 Å². The Morgan fingerprint density at radius 3 is 2.60 bits per heavy atom. The average Bonchev–Trinajstić information content (AvgIpc) is 2.68. The van der Waals surface area contributed by atoms with Crippen molar-refractivity contribution in [2.45, 2.75) is 38.8 Å². The zero-order chi connectivity index (χ0) is 22.0. The fraction of sp³-hybridized carbons (Fsp3) is 0.400. The second-order valence-corrected chi connectivity index (χ2v) is 7.22. The summed E-state index contributed by atoms with van der Waals surface area (Å²) in [6.45, 7) is 1.82. The lowest BCUT2D eigenvalue weighted by Crippen LogP contribution is -2.50. The van der Waals surface area contributed by atoms with Gasteiger partial charge in [0.1, 0.15) is 17.2 Å². The number of hydrogen-bond donors (Lipinski definition) is 2. The molecule has 3 rings (SSSR count). The van der Waals surface area contributed by atoms with Crippen LogP contribution in [-0.2, 0) is 11.3 Å². The highest BCUT2D eigenvalue weighted by Gasteiger charge is 2.31. The molecule has 30 heavy (non-hydrogen) atoms. The van der Waals surface area contributed by atoms with Crippen molar-refractivity contribution in [1.82, 2.24) is 14.0 Å². The number of nitrogens with zero attached hydrogens (tertiary/aromatic N) is 3. The highest BCUT2D eigenvalue weighted by atomic mass is 19.1. The number of halogens is 1. The van der Waals surface area contributed by atoms with Crippen molar-refractivity contribution >= 4 is 17.5 Å². The van der Waals surface area contributed by atoms with E-state index >= 15 is 0 Å². The molecule has 1 aromatic carbocycles. The third-order valence-electron chi connectivity index (χ3n) is 5.33. The normalized spacial score (nSPS) is 17.1. The van der Waals surface area contributed by atoms with Crippen LogP contribution in [0.25, 0.3) is 5.69 Å². The Labute approximate surface area is 171 Å². The van der Waals surface area contributed by atoms with Gasteiger partial charge < -0.3 is 11.5 Å². The van der Waals surface area contributed by atoms with Crippen molar-refractivity contribution < 1.29 is 14.0 Å². The Hall–Kier alpha value is -3.27. The molecule has 1 saturated heterocycles. The van der Waals surface area contributed by atoms with Crippen LogP contribution in [0.15, 0.2) is 33.9 Å². The van der Waals surface area contributed by atoms with E-state index in [9.17, 15) is 23.6 Å². The quantitative estimate of drug-likeness (QED) is 0.648. The van der Waals surface area contributed by atoms with Crippen LogP contribution in [0.3, 0.4) is 0 Å². The number of carbonyl (C=O) groups is 2. The van der Waals surface area contributed by atoms with Crippen LogP contribution in [0.2, 0.25) is 0 Å². The summed E-state index contributed by atoms with van der Waals surface area (Å²) in [6.07, 6.45) is 2.13. The average molecular weight is 417 g/mol. The minimum Gasteiger partial charge on any atom is -0.384 e. The molecule has 2 aromatic rings. The number of Topliss-reactive ketones (excluding diaryl/α,β-unsaturated/α-hetero) is 1. The van der Waals surface area contributed by atoms with E-state index in [0.717, 1.165) is 28.0 Å². The van der Waals surface area contributed by atoms with Crippen molar-refractivity contribution in [3.63, 3.8) is 0 Å². The largest absolute Gasteiger partial charge is 0.384 e. The molecular weight excluding hydrogens is 393 g/mol. The number of piperidine rings is 1. The number of hydrogen-bond acceptors (Lipinski definition) is 6. The second kappa shape index (κ2) is 8.62. The summed E-state index contributed by atoms with van der Waals surface area (Å²) in [4.78, 5) is 52.1. The van der Waals surface area contributed by atoms with E-state index in [-0.39, 0.29) is 30.2 Å². The van der Waals surface area contributed by atoms with E-state index in [1.54, 1.807) is 11.8 Å². The highest BCUT2D eigenvalue weighted by molar-refractivity contribution is 6.01. The van der Waals surface area contributed by atoms with Crippen LogP contribution < -0.4 is 22.7 Å². The van der Waals surface area contributed by atoms with Gasteiger partial charge in [0.2, 0.25) is 5.91 Å². The lowest BCUT2D eigenvalue weighted by Gasteiger charge is -2.33. The molecule has 0 aliphatic carbocycles. The van der Waals surface area contributed by atoms with E-state index in [1.165, 1.54) is 18.2 Å². The maximum absolute atomic E-state index is 13.7. The van der Waals surface area contributed by atoms with Gasteiger partial charge in [0.05, 0.1) is 18.3 Å². The third-order valence-corrected chi connectivity index (χ3v) is 5.33. The van der Waals surface area contributed by atoms with E-state index < -0.39 is 34.8 Å². The van der Waals surface area contributed by atoms with E-state index in [0.29, 0.717) is 13.0 Å². The fourth-order valence-electron chi connectivity index (χ4n) is 3.84. The number of carbonyl (C=O) groups excluding carboxylic acids is 2. The third kappa shape index (κ3) is 3.90. The van der Waals surface area contributed by atoms with E-state index in [4.69, 9.17) is 11.5 Å². The summed E-state index contributed by atoms with van der Waals surface area (Å²) in [5, 5.41) is 0. The summed E-state index contributed by atoms with van der Waals surface area (Å²) in [7, 11) is 0. The minimum atomic E-state index is -0.815. The Morgan fingerprint density at radius 2 is 1.97 bits per heavy atom. The van der Waals surface area contributed by atoms with Crippen LogP contribution in [0.5, 0.6) is 0 Å². The predicted molar refractivity (Wildman–Crippen MR) is 109 cm³/mol. The molecule has 9 nitrogen and oxygen atoms in total. The molecule has 1 aromatic heterocycles. The number of amides is 1. The number of anilines is 1. The SMILES string of the molecule is CCn1c(=O)c(C(=O)CN2CCCC[C@@H]2C(N)=O)c(N)n(-c2cccc(F)c2)c1=O. The topological polar surface area (TPSA) is 133 Å². The first-order valence-corrected chi connectivity index (χ1v) is 9.74. The molecule has 0 radical (unpaired) electrons. The van der Waals surface area contributed by atoms with Crippen molar-refractivity contribution in [3.05, 3.63) is 56.5 Å². The summed E-state index contributed by atoms with van der Waals surface area (Å²) in [5.41, 5.74) is 9.69. The summed E-state index contributed by atoms with van der Waals surface area (Å²) >= 11 is 0. The second-order valence-electron chi connectivity index (χ2n) is 7.22. The minimum absolute atomic E-state index is 0.00116. The molecule has 1 amide bonds. The van der Waals surface area contributed by atoms with Crippen molar-refractivity contribution in [2.75, 3.05) is 18.8 Å². The number of likely N-dealkylation sites (tertiary alicyclic amines) is 1. The first-order chi connectivity index (χ1) is 14.3. The molecule has 10 heteroatoms. The van der Waals surface area contributed by atoms with Gasteiger partial charge in [-0.3, -0.25) is 23.9 Å². The summed E-state index contributed by atoms with van der Waals surface area (Å²) in [6, 6.07) is 4.53. The number of nitrogens with two attached hydrogens (primary N) is 2. The van der Waals surface area contributed by atoms with Crippen molar-refractivity contribution in [1.29, 1.82) is 0 Å². The fourth-order valence-corrected chi connectivity index (χ4v) is 3.84. The molecule has 4 N–H and O–H groups in total. The summed E-state index contributed by atoms with van der Waals surface area (Å²) in [5.74, 6) is -2.12. The number of rotatable bonds is 6. The number of benzene rings is 1. The molecule has 1 fully saturated rings. The maximum Gasteiger partial charge on any atom is 0.337 e. The molecule has 1 aliphatic heterocycles. The van der Waals surface area contributed by atoms with Crippen LogP contribution >= 0.6 is 0 Å². The molecule has 2 heterocycles. The number of aromatic nitrogens is 2. The van der Waals surface area contributed by atoms with Crippen molar-refractivity contribution in [3.8, 4) is 5.69 Å². The molecule has 1 atom stereocenters. The Morgan fingerprint density at radius 1 is 1.23 bits per heavy atom. The Kier molecular flexibility index (Phi) is 6.16. The van der Waals surface area contributed by atoms with Gasteiger partial charge in [-0.25, -0.2) is 13.8 Å². The van der Waals surface area contributed by atoms with Gasteiger partial charge in [0.15, 0.2) is 5.78 Å². The molecule has 1 aliphatic rings. The van der Waals surface area contributed by atoms with Gasteiger partial charge in [-0.1, -0.05) is 12.5 Å². The molecule has 0 saturated carbocycles. The number of nitrogen functional groups attached to an aromatic ring is 1. The van der Waals surface area contributed by atoms with E-state index in [2.05, 4.69) is 0 Å². The van der Waals surface area contributed by atoms with Gasteiger partial charge in [-0.15, -0.1) is 0 Å². The van der Waals surface area contributed by atoms with Gasteiger partial charge in [-0.2, -0.15) is 0 Å². The Bertz CT molecular complexity index is 1110. The van der Waals surface area contributed by atoms with Crippen LogP contribution in [-0.4, -0.2) is 44.9 Å². The van der Waals surface area contributed by atoms with Gasteiger partial charge in [0, 0.05) is 6.54 Å². The summed E-state index contributed by atoms with van der Waals surface area (Å²) < 4.78 is 15.5. The van der Waals surface area contributed by atoms with E-state index in [1.807, 2.05) is 0 Å². The highest BCUT2D eigenvalue weighted by Crippen LogP contribution is 2.19. The van der Waals surface area contributed by atoms with Crippen LogP contribution in [0.1, 0.15) is 36.5 Å². The van der Waals surface area contributed by atoms with Crippen molar-refractivity contribution in [2.24, 2.45) is 5.73 Å². The van der Waals surface area contributed by atoms with Gasteiger partial charge in [0.25, 0.3) is 5.56 Å². The number of ketones is 1. The first kappa shape index (κ1) is 21.4. The molecule has 160 valence electrons. The molecular formula is C20H24FN5O4. The molecule has 0 unspecified atom stereocenters. The van der Waals surface area contributed by atoms with Gasteiger partial charge in [-0.05, 0) is 44.5 Å². The predicted octanol–water partition coefficient (Wildman–Crippen LogP) is 0.263. The first-order valence-electron chi connectivity index (χ1n) is 9.74. The monoisotopic (exact) mass is 417 g/mol. The van der Waals surface area contributed by atoms with Crippen LogP contribution in [0, 0.1) is 5.82 Å². The zero-order valence-corrected chi connectivity index (χ0v) is 16.6. The lowest BCUT2D eigenvalue weighted by molar-refractivity contribution is -0.124. The molecule has 0 spiro atoms. The number of primary amides is 1. The lowest BCUT2D eigenvalue weighted by atomic mass is 10.0. The van der Waals surface area contributed by atoms with Crippen LogP contribution in [0.4, 0.5) is 10.2 Å². The maximum atomic E-state index is 13.7. The molecule has 0 bridgehead atoms. The smallest absolute Gasteiger partial charge is 0.337 e.